The highest BCUT2D eigenvalue weighted by molar-refractivity contribution is 5.96. The number of carbonyl (C=O) groups excluding carboxylic acids is 2. The van der Waals surface area contributed by atoms with Crippen LogP contribution in [0.3, 0.4) is 0 Å². The standard InChI is InChI=1S/C12H21N5O2/c1-5-13-12(19)16-11(18)8(2)14-6-10-7-15-17(4)9(10)3/h7-8,14H,5-6H2,1-4H3,(H2,13,16,18,19). The molecule has 0 aromatic carbocycles. The third-order valence-electron chi connectivity index (χ3n) is 2.90. The Balaban J connectivity index is 2.42. The van der Waals surface area contributed by atoms with Crippen LogP contribution in [-0.4, -0.2) is 34.3 Å². The number of hydrogen-bond donors (Lipinski definition) is 3. The lowest BCUT2D eigenvalue weighted by molar-refractivity contribution is -0.121. The third kappa shape index (κ3) is 4.36. The SMILES string of the molecule is CCNC(=O)NC(=O)C(C)NCc1cnn(C)c1C. The van der Waals surface area contributed by atoms with Crippen LogP contribution in [0.1, 0.15) is 25.1 Å². The predicted molar refractivity (Wildman–Crippen MR) is 71.5 cm³/mol. The van der Waals surface area contributed by atoms with Gasteiger partial charge in [-0.15, -0.1) is 0 Å². The molecule has 0 radical (unpaired) electrons. The van der Waals surface area contributed by atoms with E-state index in [2.05, 4.69) is 21.0 Å². The van der Waals surface area contributed by atoms with E-state index in [9.17, 15) is 9.59 Å². The summed E-state index contributed by atoms with van der Waals surface area (Å²) in [4.78, 5) is 22.9. The zero-order valence-electron chi connectivity index (χ0n) is 11.8. The zero-order valence-corrected chi connectivity index (χ0v) is 11.8. The van der Waals surface area contributed by atoms with Gasteiger partial charge in [-0.05, 0) is 20.8 Å². The Labute approximate surface area is 112 Å². The van der Waals surface area contributed by atoms with Crippen molar-refractivity contribution in [3.63, 3.8) is 0 Å². The van der Waals surface area contributed by atoms with E-state index in [1.165, 1.54) is 0 Å². The average molecular weight is 267 g/mol. The van der Waals surface area contributed by atoms with Gasteiger partial charge in [-0.2, -0.15) is 5.10 Å². The first-order valence-electron chi connectivity index (χ1n) is 6.25. The number of urea groups is 1. The fourth-order valence-corrected chi connectivity index (χ4v) is 1.50. The summed E-state index contributed by atoms with van der Waals surface area (Å²) < 4.78 is 1.77. The van der Waals surface area contributed by atoms with E-state index in [0.29, 0.717) is 13.1 Å². The van der Waals surface area contributed by atoms with Crippen molar-refractivity contribution in [3.8, 4) is 0 Å². The number of carbonyl (C=O) groups is 2. The van der Waals surface area contributed by atoms with Crippen LogP contribution in [0.4, 0.5) is 4.79 Å². The molecule has 0 bridgehead atoms. The van der Waals surface area contributed by atoms with Crippen molar-refractivity contribution >= 4 is 11.9 Å². The van der Waals surface area contributed by atoms with E-state index in [0.717, 1.165) is 11.3 Å². The highest BCUT2D eigenvalue weighted by Gasteiger charge is 2.15. The molecule has 3 N–H and O–H groups in total. The molecule has 0 aliphatic rings. The highest BCUT2D eigenvalue weighted by Crippen LogP contribution is 2.05. The maximum absolute atomic E-state index is 11.7. The van der Waals surface area contributed by atoms with Gasteiger partial charge in [0.25, 0.3) is 0 Å². The Kier molecular flexibility index (Phi) is 5.50. The van der Waals surface area contributed by atoms with E-state index in [1.54, 1.807) is 24.7 Å². The van der Waals surface area contributed by atoms with Crippen LogP contribution in [0.25, 0.3) is 0 Å². The number of nitrogens with one attached hydrogen (secondary N) is 3. The minimum absolute atomic E-state index is 0.354. The van der Waals surface area contributed by atoms with Gasteiger partial charge in [0, 0.05) is 31.4 Å². The molecule has 3 amide bonds. The van der Waals surface area contributed by atoms with Gasteiger partial charge in [0.2, 0.25) is 5.91 Å². The van der Waals surface area contributed by atoms with Crippen molar-refractivity contribution in [1.29, 1.82) is 0 Å². The van der Waals surface area contributed by atoms with Crippen LogP contribution >= 0.6 is 0 Å². The number of amides is 3. The van der Waals surface area contributed by atoms with Crippen LogP contribution in [0.2, 0.25) is 0 Å². The molecule has 0 saturated heterocycles. The van der Waals surface area contributed by atoms with Crippen molar-refractivity contribution in [3.05, 3.63) is 17.5 Å². The summed E-state index contributed by atoms with van der Waals surface area (Å²) in [5, 5.41) is 11.9. The van der Waals surface area contributed by atoms with E-state index < -0.39 is 12.1 Å². The van der Waals surface area contributed by atoms with Crippen molar-refractivity contribution < 1.29 is 9.59 Å². The molecule has 0 aliphatic heterocycles. The lowest BCUT2D eigenvalue weighted by atomic mass is 10.2. The molecule has 1 aromatic rings. The Bertz CT molecular complexity index is 455. The fourth-order valence-electron chi connectivity index (χ4n) is 1.50. The largest absolute Gasteiger partial charge is 0.338 e. The Hall–Kier alpha value is -1.89. The van der Waals surface area contributed by atoms with Crippen LogP contribution in [0.5, 0.6) is 0 Å². The molecule has 7 heteroatoms. The van der Waals surface area contributed by atoms with Gasteiger partial charge in [-0.3, -0.25) is 14.8 Å². The van der Waals surface area contributed by atoms with Gasteiger partial charge >= 0.3 is 6.03 Å². The van der Waals surface area contributed by atoms with Gasteiger partial charge in [0.1, 0.15) is 0 Å². The minimum Gasteiger partial charge on any atom is -0.338 e. The first-order valence-corrected chi connectivity index (χ1v) is 6.25. The number of aryl methyl sites for hydroxylation is 1. The summed E-state index contributed by atoms with van der Waals surface area (Å²) in [5.41, 5.74) is 2.07. The first-order chi connectivity index (χ1) is 8.95. The first kappa shape index (κ1) is 15.2. The smallest absolute Gasteiger partial charge is 0.321 e. The maximum atomic E-state index is 11.7. The molecule has 0 saturated carbocycles. The van der Waals surface area contributed by atoms with Crippen molar-refractivity contribution in [2.75, 3.05) is 6.54 Å². The molecule has 7 nitrogen and oxygen atoms in total. The second kappa shape index (κ2) is 6.89. The molecule has 106 valence electrons. The molecule has 19 heavy (non-hydrogen) atoms. The van der Waals surface area contributed by atoms with E-state index in [1.807, 2.05) is 14.0 Å². The Morgan fingerprint density at radius 2 is 2.16 bits per heavy atom. The van der Waals surface area contributed by atoms with Crippen LogP contribution < -0.4 is 16.0 Å². The van der Waals surface area contributed by atoms with Crippen LogP contribution in [0, 0.1) is 6.92 Å². The summed E-state index contributed by atoms with van der Waals surface area (Å²) in [7, 11) is 1.87. The normalized spacial score (nSPS) is 12.0. The second-order valence-corrected chi connectivity index (χ2v) is 4.33. The molecule has 1 heterocycles. The monoisotopic (exact) mass is 267 g/mol. The summed E-state index contributed by atoms with van der Waals surface area (Å²) in [6.45, 7) is 6.47. The molecule has 1 unspecified atom stereocenters. The van der Waals surface area contributed by atoms with E-state index >= 15 is 0 Å². The molecular weight excluding hydrogens is 246 g/mol. The molecule has 0 fully saturated rings. The summed E-state index contributed by atoms with van der Waals surface area (Å²) >= 11 is 0. The van der Waals surface area contributed by atoms with Gasteiger partial charge in [-0.1, -0.05) is 0 Å². The number of rotatable bonds is 5. The van der Waals surface area contributed by atoms with Crippen molar-refractivity contribution in [2.45, 2.75) is 33.4 Å². The van der Waals surface area contributed by atoms with Crippen molar-refractivity contribution in [2.24, 2.45) is 7.05 Å². The van der Waals surface area contributed by atoms with Gasteiger partial charge in [0.15, 0.2) is 0 Å². The molecule has 0 aliphatic carbocycles. The molecular formula is C12H21N5O2. The van der Waals surface area contributed by atoms with Gasteiger partial charge in [0.05, 0.1) is 12.2 Å². The summed E-state index contributed by atoms with van der Waals surface area (Å²) in [5.74, 6) is -0.354. The summed E-state index contributed by atoms with van der Waals surface area (Å²) in [6.07, 6.45) is 1.76. The number of nitrogens with zero attached hydrogens (tertiary/aromatic N) is 2. The lowest BCUT2D eigenvalue weighted by Crippen LogP contribution is -2.47. The molecule has 1 atom stereocenters. The number of hydrogen-bond acceptors (Lipinski definition) is 4. The topological polar surface area (TPSA) is 88.1 Å². The van der Waals surface area contributed by atoms with Gasteiger partial charge < -0.3 is 10.6 Å². The number of aromatic nitrogens is 2. The van der Waals surface area contributed by atoms with E-state index in [-0.39, 0.29) is 5.91 Å². The Morgan fingerprint density at radius 3 is 2.68 bits per heavy atom. The predicted octanol–water partition coefficient (Wildman–Crippen LogP) is 0.0523. The maximum Gasteiger partial charge on any atom is 0.321 e. The highest BCUT2D eigenvalue weighted by atomic mass is 16.2. The Morgan fingerprint density at radius 1 is 1.47 bits per heavy atom. The molecule has 1 aromatic heterocycles. The number of imide groups is 1. The van der Waals surface area contributed by atoms with E-state index in [4.69, 9.17) is 0 Å². The fraction of sp³-hybridized carbons (Fsp3) is 0.583. The molecule has 0 spiro atoms. The second-order valence-electron chi connectivity index (χ2n) is 4.33. The third-order valence-corrected chi connectivity index (χ3v) is 2.90. The quantitative estimate of drug-likeness (QED) is 0.703. The summed E-state index contributed by atoms with van der Waals surface area (Å²) in [6, 6.07) is -0.930. The zero-order chi connectivity index (χ0) is 14.4. The lowest BCUT2D eigenvalue weighted by Gasteiger charge is -2.13. The molecule has 1 rings (SSSR count). The van der Waals surface area contributed by atoms with Crippen LogP contribution in [0.15, 0.2) is 6.20 Å². The average Bonchev–Trinajstić information content (AvgIpc) is 2.67. The van der Waals surface area contributed by atoms with Crippen molar-refractivity contribution in [1.82, 2.24) is 25.7 Å². The van der Waals surface area contributed by atoms with Gasteiger partial charge in [-0.25, -0.2) is 4.79 Å². The minimum atomic E-state index is -0.473. The van der Waals surface area contributed by atoms with Crippen LogP contribution in [-0.2, 0) is 18.4 Å².